The number of nitrogens with zero attached hydrogens (tertiary/aromatic N) is 1. The highest BCUT2D eigenvalue weighted by Gasteiger charge is 2.36. The van der Waals surface area contributed by atoms with E-state index >= 15 is 0 Å². The smallest absolute Gasteiger partial charge is 0.230 e. The van der Waals surface area contributed by atoms with E-state index in [1.54, 1.807) is 0 Å². The fraction of sp³-hybridized carbons (Fsp3) is 0.611. The van der Waals surface area contributed by atoms with E-state index in [0.717, 1.165) is 31.6 Å². The number of carbonyl (C=O) groups excluding carboxylic acids is 1. The lowest BCUT2D eigenvalue weighted by Crippen LogP contribution is -2.31. The molecule has 114 valence electrons. The van der Waals surface area contributed by atoms with Crippen molar-refractivity contribution in [2.75, 3.05) is 23.3 Å². The van der Waals surface area contributed by atoms with Gasteiger partial charge in [-0.25, -0.2) is 0 Å². The van der Waals surface area contributed by atoms with Crippen molar-refractivity contribution >= 4 is 17.3 Å². The highest BCUT2D eigenvalue weighted by Crippen LogP contribution is 2.38. The number of hydrogen-bond acceptors (Lipinski definition) is 2. The molecule has 3 heteroatoms. The number of nitrogens with one attached hydrogen (secondary N) is 1. The molecule has 3 nitrogen and oxygen atoms in total. The van der Waals surface area contributed by atoms with Crippen LogP contribution in [0, 0.1) is 5.41 Å². The van der Waals surface area contributed by atoms with Gasteiger partial charge in [0.05, 0.1) is 0 Å². The summed E-state index contributed by atoms with van der Waals surface area (Å²) < 4.78 is 0. The summed E-state index contributed by atoms with van der Waals surface area (Å²) in [5, 5.41) is 3.10. The van der Waals surface area contributed by atoms with Crippen LogP contribution in [0.2, 0.25) is 0 Å². The minimum atomic E-state index is -0.161. The molecule has 2 aliphatic rings. The van der Waals surface area contributed by atoms with Gasteiger partial charge in [0, 0.05) is 29.9 Å². The number of piperidine rings is 1. The molecule has 0 bridgehead atoms. The Kier molecular flexibility index (Phi) is 4.18. The zero-order valence-electron chi connectivity index (χ0n) is 13.0. The largest absolute Gasteiger partial charge is 0.372 e. The van der Waals surface area contributed by atoms with Gasteiger partial charge in [0.1, 0.15) is 0 Å². The van der Waals surface area contributed by atoms with Crippen LogP contribution in [-0.4, -0.2) is 19.0 Å². The Bertz CT molecular complexity index is 482. The molecule has 2 fully saturated rings. The Morgan fingerprint density at radius 2 is 1.62 bits per heavy atom. The van der Waals surface area contributed by atoms with E-state index in [1.807, 2.05) is 12.1 Å². The molecule has 1 aliphatic heterocycles. The minimum Gasteiger partial charge on any atom is -0.372 e. The van der Waals surface area contributed by atoms with Gasteiger partial charge in [0.25, 0.3) is 0 Å². The summed E-state index contributed by atoms with van der Waals surface area (Å²) >= 11 is 0. The van der Waals surface area contributed by atoms with Gasteiger partial charge in [-0.05, 0) is 56.4 Å². The highest BCUT2D eigenvalue weighted by molar-refractivity contribution is 5.95. The second-order valence-electron chi connectivity index (χ2n) is 6.82. The molecule has 1 aromatic carbocycles. The zero-order valence-corrected chi connectivity index (χ0v) is 13.0. The number of amides is 1. The predicted molar refractivity (Wildman–Crippen MR) is 87.7 cm³/mol. The third-order valence-electron chi connectivity index (χ3n) is 5.10. The van der Waals surface area contributed by atoms with Gasteiger partial charge in [0.2, 0.25) is 5.91 Å². The molecule has 3 rings (SSSR count). The summed E-state index contributed by atoms with van der Waals surface area (Å²) in [6, 6.07) is 8.36. The van der Waals surface area contributed by atoms with Crippen molar-refractivity contribution in [1.29, 1.82) is 0 Å². The number of anilines is 2. The number of carbonyl (C=O) groups is 1. The van der Waals surface area contributed by atoms with Crippen molar-refractivity contribution in [2.45, 2.75) is 51.9 Å². The molecule has 21 heavy (non-hydrogen) atoms. The third kappa shape index (κ3) is 3.22. The first-order valence-corrected chi connectivity index (χ1v) is 8.34. The molecular formula is C18H26N2O. The monoisotopic (exact) mass is 286 g/mol. The Hall–Kier alpha value is -1.51. The lowest BCUT2D eigenvalue weighted by molar-refractivity contribution is -0.124. The van der Waals surface area contributed by atoms with E-state index in [0.29, 0.717) is 0 Å². The summed E-state index contributed by atoms with van der Waals surface area (Å²) in [4.78, 5) is 14.8. The van der Waals surface area contributed by atoms with Crippen LogP contribution in [0.3, 0.4) is 0 Å². The standard InChI is InChI=1S/C18H26N2O/c1-18(11-3-4-12-18)17(21)19-15-7-9-16(10-8-15)20-13-5-2-6-14-20/h7-10H,2-6,11-14H2,1H3,(H,19,21). The average Bonchev–Trinajstić information content (AvgIpc) is 2.97. The van der Waals surface area contributed by atoms with Gasteiger partial charge in [-0.1, -0.05) is 19.8 Å². The third-order valence-corrected chi connectivity index (χ3v) is 5.10. The second-order valence-corrected chi connectivity index (χ2v) is 6.82. The van der Waals surface area contributed by atoms with Crippen molar-refractivity contribution in [1.82, 2.24) is 0 Å². The molecule has 0 spiro atoms. The van der Waals surface area contributed by atoms with Gasteiger partial charge >= 0.3 is 0 Å². The first kappa shape index (κ1) is 14.4. The molecule has 1 heterocycles. The summed E-state index contributed by atoms with van der Waals surface area (Å²) in [6.45, 7) is 4.41. The first-order chi connectivity index (χ1) is 10.2. The van der Waals surface area contributed by atoms with Crippen LogP contribution in [-0.2, 0) is 4.79 Å². The molecule has 0 unspecified atom stereocenters. The van der Waals surface area contributed by atoms with Gasteiger partial charge in [-0.3, -0.25) is 4.79 Å². The maximum atomic E-state index is 12.4. The molecule has 1 saturated carbocycles. The van der Waals surface area contributed by atoms with E-state index in [-0.39, 0.29) is 11.3 Å². The minimum absolute atomic E-state index is 0.161. The van der Waals surface area contributed by atoms with Crippen LogP contribution in [0.5, 0.6) is 0 Å². The first-order valence-electron chi connectivity index (χ1n) is 8.34. The normalized spacial score (nSPS) is 21.3. The number of benzene rings is 1. The molecule has 0 radical (unpaired) electrons. The van der Waals surface area contributed by atoms with Crippen molar-refractivity contribution < 1.29 is 4.79 Å². The van der Waals surface area contributed by atoms with E-state index in [4.69, 9.17) is 0 Å². The fourth-order valence-electron chi connectivity index (χ4n) is 3.57. The Morgan fingerprint density at radius 3 is 2.24 bits per heavy atom. The van der Waals surface area contributed by atoms with E-state index in [2.05, 4.69) is 29.3 Å². The van der Waals surface area contributed by atoms with Gasteiger partial charge < -0.3 is 10.2 Å². The quantitative estimate of drug-likeness (QED) is 0.903. The van der Waals surface area contributed by atoms with Gasteiger partial charge in [-0.15, -0.1) is 0 Å². The predicted octanol–water partition coefficient (Wildman–Crippen LogP) is 4.20. The Morgan fingerprint density at radius 1 is 1.00 bits per heavy atom. The molecule has 1 saturated heterocycles. The van der Waals surface area contributed by atoms with Crippen molar-refractivity contribution in [3.05, 3.63) is 24.3 Å². The van der Waals surface area contributed by atoms with E-state index in [1.165, 1.54) is 37.8 Å². The molecular weight excluding hydrogens is 260 g/mol. The lowest BCUT2D eigenvalue weighted by atomic mass is 9.88. The Labute approximate surface area is 127 Å². The fourth-order valence-corrected chi connectivity index (χ4v) is 3.57. The molecule has 1 amide bonds. The van der Waals surface area contributed by atoms with E-state index < -0.39 is 0 Å². The van der Waals surface area contributed by atoms with Crippen LogP contribution in [0.15, 0.2) is 24.3 Å². The topological polar surface area (TPSA) is 32.3 Å². The number of hydrogen-bond donors (Lipinski definition) is 1. The summed E-state index contributed by atoms with van der Waals surface area (Å²) in [5.74, 6) is 0.186. The van der Waals surface area contributed by atoms with Crippen molar-refractivity contribution in [3.8, 4) is 0 Å². The van der Waals surface area contributed by atoms with Crippen LogP contribution in [0.1, 0.15) is 51.9 Å². The molecule has 1 aromatic rings. The second kappa shape index (κ2) is 6.08. The zero-order chi connectivity index (χ0) is 14.7. The molecule has 1 aliphatic carbocycles. The van der Waals surface area contributed by atoms with Crippen LogP contribution in [0.25, 0.3) is 0 Å². The summed E-state index contributed by atoms with van der Waals surface area (Å²) in [5.41, 5.74) is 2.04. The van der Waals surface area contributed by atoms with Gasteiger partial charge in [-0.2, -0.15) is 0 Å². The average molecular weight is 286 g/mol. The van der Waals surface area contributed by atoms with Gasteiger partial charge in [0.15, 0.2) is 0 Å². The number of rotatable bonds is 3. The summed E-state index contributed by atoms with van der Waals surface area (Å²) in [6.07, 6.45) is 8.32. The Balaban J connectivity index is 1.62. The van der Waals surface area contributed by atoms with E-state index in [9.17, 15) is 4.79 Å². The molecule has 0 atom stereocenters. The molecule has 1 N–H and O–H groups in total. The van der Waals surface area contributed by atoms with Crippen LogP contribution >= 0.6 is 0 Å². The highest BCUT2D eigenvalue weighted by atomic mass is 16.2. The lowest BCUT2D eigenvalue weighted by Gasteiger charge is -2.29. The maximum absolute atomic E-state index is 12.4. The summed E-state index contributed by atoms with van der Waals surface area (Å²) in [7, 11) is 0. The van der Waals surface area contributed by atoms with Crippen LogP contribution in [0.4, 0.5) is 11.4 Å². The van der Waals surface area contributed by atoms with Crippen molar-refractivity contribution in [2.24, 2.45) is 5.41 Å². The van der Waals surface area contributed by atoms with Crippen LogP contribution < -0.4 is 10.2 Å². The van der Waals surface area contributed by atoms with Crippen molar-refractivity contribution in [3.63, 3.8) is 0 Å². The SMILES string of the molecule is CC1(C(=O)Nc2ccc(N3CCCCC3)cc2)CCCC1. The maximum Gasteiger partial charge on any atom is 0.230 e. The molecule has 0 aromatic heterocycles.